The molecule has 2 heterocycles. The number of nitrogens with zero attached hydrogens (tertiary/aromatic N) is 2. The van der Waals surface area contributed by atoms with Crippen molar-refractivity contribution in [2.75, 3.05) is 0 Å². The minimum absolute atomic E-state index is 0.00736. The number of nitrogens with two attached hydrogens (primary N) is 1. The molecule has 0 bridgehead atoms. The molecule has 0 saturated carbocycles. The molecule has 0 aliphatic heterocycles. The Hall–Kier alpha value is -2.05. The van der Waals surface area contributed by atoms with Gasteiger partial charge in [-0.25, -0.2) is 5.10 Å². The molecule has 9 heteroatoms. The van der Waals surface area contributed by atoms with Crippen LogP contribution in [0.5, 0.6) is 0 Å². The maximum atomic E-state index is 11.5. The summed E-state index contributed by atoms with van der Waals surface area (Å²) in [4.78, 5) is 26.4. The fourth-order valence-corrected chi connectivity index (χ4v) is 1.43. The Balaban J connectivity index is 3.10. The van der Waals surface area contributed by atoms with E-state index in [1.54, 1.807) is 0 Å². The van der Waals surface area contributed by atoms with Gasteiger partial charge in [0.05, 0.1) is 0 Å². The van der Waals surface area contributed by atoms with Gasteiger partial charge in [-0.15, -0.1) is 0 Å². The topological polar surface area (TPSA) is 102 Å². The van der Waals surface area contributed by atoms with Gasteiger partial charge < -0.3 is 5.73 Å². The molecule has 0 unspecified atom stereocenters. The van der Waals surface area contributed by atoms with Crippen LogP contribution >= 0.6 is 0 Å². The Morgan fingerprint density at radius 1 is 1.24 bits per heavy atom. The van der Waals surface area contributed by atoms with Gasteiger partial charge in [0, 0.05) is 5.39 Å². The van der Waals surface area contributed by atoms with Gasteiger partial charge in [0.2, 0.25) is 0 Å². The summed E-state index contributed by atoms with van der Waals surface area (Å²) in [7, 11) is 16.7. The van der Waals surface area contributed by atoms with Crippen LogP contribution in [0.3, 0.4) is 0 Å². The number of aromatic amines is 1. The number of carbonyl (C=O) groups is 1. The van der Waals surface area contributed by atoms with Crippen LogP contribution in [0.2, 0.25) is 0 Å². The van der Waals surface area contributed by atoms with Gasteiger partial charge in [0.1, 0.15) is 29.1 Å². The molecule has 2 rings (SSSR count). The molecule has 0 aliphatic carbocycles. The van der Waals surface area contributed by atoms with Crippen molar-refractivity contribution in [2.24, 2.45) is 5.73 Å². The number of hydrogen-bond acceptors (Lipinski definition) is 4. The molecule has 6 nitrogen and oxygen atoms in total. The predicted octanol–water partition coefficient (Wildman–Crippen LogP) is -4.20. The minimum atomic E-state index is -0.857. The molecule has 17 heavy (non-hydrogen) atoms. The standard InChI is InChI=1S/C8H3B3N4O2/c9-2-1-4(7(12)16)14-15-8(17)5(1)13-6(11)3(2)10/h(H2,12,16)(H,15,17). The van der Waals surface area contributed by atoms with E-state index in [4.69, 9.17) is 29.3 Å². The van der Waals surface area contributed by atoms with E-state index in [0.29, 0.717) is 0 Å². The number of carbonyl (C=O) groups excluding carboxylic acids is 1. The van der Waals surface area contributed by atoms with Gasteiger partial charge >= 0.3 is 0 Å². The van der Waals surface area contributed by atoms with E-state index in [0.717, 1.165) is 0 Å². The molecule has 6 radical (unpaired) electrons. The zero-order valence-corrected chi connectivity index (χ0v) is 8.52. The number of primary amides is 1. The second kappa shape index (κ2) is 3.76. The van der Waals surface area contributed by atoms with Gasteiger partial charge in [-0.05, 0) is 5.59 Å². The highest BCUT2D eigenvalue weighted by Gasteiger charge is 2.16. The highest BCUT2D eigenvalue weighted by Crippen LogP contribution is 2.04. The lowest BCUT2D eigenvalue weighted by atomic mass is 9.73. The van der Waals surface area contributed by atoms with Crippen molar-refractivity contribution in [2.45, 2.75) is 0 Å². The fraction of sp³-hybridized carbons (Fsp3) is 0. The summed E-state index contributed by atoms with van der Waals surface area (Å²) in [5.74, 6) is -0.857. The molecule has 0 fully saturated rings. The van der Waals surface area contributed by atoms with Crippen LogP contribution in [0, 0.1) is 0 Å². The molecule has 3 N–H and O–H groups in total. The smallest absolute Gasteiger partial charge is 0.290 e. The van der Waals surface area contributed by atoms with Gasteiger partial charge in [0.15, 0.2) is 5.69 Å². The number of rotatable bonds is 1. The van der Waals surface area contributed by atoms with E-state index >= 15 is 0 Å². The third-order valence-electron chi connectivity index (χ3n) is 2.26. The maximum absolute atomic E-state index is 11.5. The Morgan fingerprint density at radius 2 is 1.88 bits per heavy atom. The van der Waals surface area contributed by atoms with E-state index in [9.17, 15) is 9.59 Å². The van der Waals surface area contributed by atoms with Crippen molar-refractivity contribution in [3.05, 3.63) is 16.0 Å². The van der Waals surface area contributed by atoms with Crippen LogP contribution in [0.15, 0.2) is 4.79 Å². The first-order valence-electron chi connectivity index (χ1n) is 4.46. The SMILES string of the molecule is [B]c1nc2c(=O)[nH]nc(C(N)=O)c2c([B])c1[B]. The summed E-state index contributed by atoms with van der Waals surface area (Å²) < 4.78 is 0. The van der Waals surface area contributed by atoms with E-state index in [-0.39, 0.29) is 33.1 Å². The minimum Gasteiger partial charge on any atom is -0.364 e. The highest BCUT2D eigenvalue weighted by molar-refractivity contribution is 6.59. The molecule has 1 amide bonds. The number of pyridine rings is 1. The molecule has 0 saturated heterocycles. The number of amides is 1. The molecule has 2 aromatic heterocycles. The summed E-state index contributed by atoms with van der Waals surface area (Å²) in [6.07, 6.45) is 0. The van der Waals surface area contributed by atoms with E-state index in [2.05, 4.69) is 15.2 Å². The monoisotopic (exact) mass is 220 g/mol. The summed E-state index contributed by atoms with van der Waals surface area (Å²) in [6.45, 7) is 0. The first-order valence-corrected chi connectivity index (χ1v) is 4.46. The normalized spacial score (nSPS) is 10.6. The van der Waals surface area contributed by atoms with Gasteiger partial charge in [-0.3, -0.25) is 14.6 Å². The van der Waals surface area contributed by atoms with Crippen LogP contribution in [-0.4, -0.2) is 44.6 Å². The van der Waals surface area contributed by atoms with E-state index in [1.165, 1.54) is 0 Å². The Bertz CT molecular complexity index is 697. The second-order valence-electron chi connectivity index (χ2n) is 3.31. The van der Waals surface area contributed by atoms with Crippen LogP contribution in [-0.2, 0) is 0 Å². The summed E-state index contributed by atoms with van der Waals surface area (Å²) in [6, 6.07) is 0. The van der Waals surface area contributed by atoms with Crippen molar-refractivity contribution in [1.82, 2.24) is 15.2 Å². The van der Waals surface area contributed by atoms with Gasteiger partial charge in [-0.1, -0.05) is 10.9 Å². The Morgan fingerprint density at radius 3 is 2.47 bits per heavy atom. The van der Waals surface area contributed by atoms with Crippen LogP contribution in [0.1, 0.15) is 10.5 Å². The first-order chi connectivity index (χ1) is 7.93. The molecule has 2 aromatic rings. The summed E-state index contributed by atoms with van der Waals surface area (Å²) in [5, 5.41) is 5.59. The molecule has 0 aliphatic rings. The maximum Gasteiger partial charge on any atom is 0.290 e. The average Bonchev–Trinajstić information content (AvgIpc) is 2.27. The van der Waals surface area contributed by atoms with E-state index in [1.807, 2.05) is 0 Å². The van der Waals surface area contributed by atoms with Crippen molar-refractivity contribution in [3.63, 3.8) is 0 Å². The molecule has 0 atom stereocenters. The highest BCUT2D eigenvalue weighted by atomic mass is 16.1. The van der Waals surface area contributed by atoms with Crippen molar-refractivity contribution < 1.29 is 4.79 Å². The number of H-pyrrole nitrogens is 1. The number of nitrogens with one attached hydrogen (secondary N) is 1. The zero-order valence-electron chi connectivity index (χ0n) is 8.52. The van der Waals surface area contributed by atoms with Crippen LogP contribution in [0.25, 0.3) is 10.9 Å². The van der Waals surface area contributed by atoms with Crippen molar-refractivity contribution in [3.8, 4) is 0 Å². The Labute approximate surface area is 99.2 Å². The third kappa shape index (κ3) is 1.63. The summed E-state index contributed by atoms with van der Waals surface area (Å²) >= 11 is 0. The van der Waals surface area contributed by atoms with Gasteiger partial charge in [0.25, 0.3) is 11.5 Å². The number of fused-ring (bicyclic) bond motifs is 1. The lowest BCUT2D eigenvalue weighted by molar-refractivity contribution is 0.0996. The largest absolute Gasteiger partial charge is 0.364 e. The van der Waals surface area contributed by atoms with Crippen molar-refractivity contribution in [1.29, 1.82) is 0 Å². The lowest BCUT2D eigenvalue weighted by Gasteiger charge is -2.10. The number of aromatic nitrogens is 3. The van der Waals surface area contributed by atoms with Gasteiger partial charge in [-0.2, -0.15) is 5.10 Å². The van der Waals surface area contributed by atoms with Crippen molar-refractivity contribution >= 4 is 56.9 Å². The van der Waals surface area contributed by atoms with Crippen LogP contribution < -0.4 is 27.8 Å². The Kier molecular flexibility index (Phi) is 2.53. The molecular weight excluding hydrogens is 217 g/mol. The molecule has 76 valence electrons. The molecular formula is C8H3B3N4O2. The fourth-order valence-electron chi connectivity index (χ4n) is 1.43. The number of hydrogen-bond donors (Lipinski definition) is 2. The lowest BCUT2D eigenvalue weighted by Crippen LogP contribution is -2.43. The predicted molar refractivity (Wildman–Crippen MR) is 64.8 cm³/mol. The zero-order chi connectivity index (χ0) is 12.7. The third-order valence-corrected chi connectivity index (χ3v) is 2.26. The molecule has 0 aromatic carbocycles. The molecule has 0 spiro atoms. The first kappa shape index (κ1) is 11.4. The van der Waals surface area contributed by atoms with E-state index < -0.39 is 11.5 Å². The second-order valence-corrected chi connectivity index (χ2v) is 3.31. The average molecular weight is 220 g/mol. The summed E-state index contributed by atoms with van der Waals surface area (Å²) in [5.41, 5.74) is 3.98. The van der Waals surface area contributed by atoms with Crippen LogP contribution in [0.4, 0.5) is 0 Å². The quantitative estimate of drug-likeness (QED) is 0.475.